The SMILES string of the molecule is CCC(=O)c1ccc(C(C)=O)cc1C. The molecule has 0 aliphatic rings. The van der Waals surface area contributed by atoms with Gasteiger partial charge in [0, 0.05) is 17.5 Å². The predicted molar refractivity (Wildman–Crippen MR) is 55.8 cm³/mol. The first-order chi connectivity index (χ1) is 6.56. The molecule has 0 aliphatic heterocycles. The summed E-state index contributed by atoms with van der Waals surface area (Å²) in [5.74, 6) is 0.154. The van der Waals surface area contributed by atoms with Gasteiger partial charge < -0.3 is 0 Å². The quantitative estimate of drug-likeness (QED) is 0.687. The molecule has 0 spiro atoms. The summed E-state index contributed by atoms with van der Waals surface area (Å²) in [6.07, 6.45) is 0.500. The van der Waals surface area contributed by atoms with Crippen molar-refractivity contribution in [1.29, 1.82) is 0 Å². The van der Waals surface area contributed by atoms with Gasteiger partial charge in [0.15, 0.2) is 11.6 Å². The van der Waals surface area contributed by atoms with Crippen molar-refractivity contribution in [3.05, 3.63) is 34.9 Å². The van der Waals surface area contributed by atoms with Crippen molar-refractivity contribution >= 4 is 11.6 Å². The Balaban J connectivity index is 3.14. The lowest BCUT2D eigenvalue weighted by molar-refractivity contribution is 0.0983. The van der Waals surface area contributed by atoms with Crippen LogP contribution in [0.4, 0.5) is 0 Å². The molecule has 0 bridgehead atoms. The van der Waals surface area contributed by atoms with Crippen LogP contribution in [0.2, 0.25) is 0 Å². The highest BCUT2D eigenvalue weighted by atomic mass is 16.1. The van der Waals surface area contributed by atoms with Gasteiger partial charge in [-0.25, -0.2) is 0 Å². The van der Waals surface area contributed by atoms with Crippen molar-refractivity contribution in [1.82, 2.24) is 0 Å². The summed E-state index contributed by atoms with van der Waals surface area (Å²) in [5, 5.41) is 0. The van der Waals surface area contributed by atoms with Crippen LogP contribution in [-0.2, 0) is 0 Å². The number of benzene rings is 1. The minimum absolute atomic E-state index is 0.0311. The van der Waals surface area contributed by atoms with Gasteiger partial charge in [0.25, 0.3) is 0 Å². The smallest absolute Gasteiger partial charge is 0.162 e. The summed E-state index contributed by atoms with van der Waals surface area (Å²) < 4.78 is 0. The summed E-state index contributed by atoms with van der Waals surface area (Å²) >= 11 is 0. The molecule has 74 valence electrons. The molecule has 0 aliphatic carbocycles. The number of Topliss-reactive ketones (excluding diaryl/α,β-unsaturated/α-hetero) is 2. The molecule has 0 N–H and O–H groups in total. The van der Waals surface area contributed by atoms with E-state index in [1.807, 2.05) is 13.8 Å². The lowest BCUT2D eigenvalue weighted by Crippen LogP contribution is -2.02. The topological polar surface area (TPSA) is 34.1 Å². The van der Waals surface area contributed by atoms with E-state index >= 15 is 0 Å². The molecular weight excluding hydrogens is 176 g/mol. The lowest BCUT2D eigenvalue weighted by Gasteiger charge is -2.04. The molecule has 14 heavy (non-hydrogen) atoms. The van der Waals surface area contributed by atoms with Gasteiger partial charge in [-0.05, 0) is 25.5 Å². The first kappa shape index (κ1) is 10.6. The van der Waals surface area contributed by atoms with E-state index in [1.54, 1.807) is 18.2 Å². The fourth-order valence-corrected chi connectivity index (χ4v) is 1.39. The largest absolute Gasteiger partial charge is 0.295 e. The zero-order valence-electron chi connectivity index (χ0n) is 8.76. The van der Waals surface area contributed by atoms with E-state index in [-0.39, 0.29) is 11.6 Å². The minimum atomic E-state index is 0.0311. The number of hydrogen-bond acceptors (Lipinski definition) is 2. The third-order valence-corrected chi connectivity index (χ3v) is 2.25. The van der Waals surface area contributed by atoms with Crippen LogP contribution in [0.5, 0.6) is 0 Å². The fourth-order valence-electron chi connectivity index (χ4n) is 1.39. The van der Waals surface area contributed by atoms with Crippen LogP contribution in [0, 0.1) is 6.92 Å². The molecule has 0 atom stereocenters. The van der Waals surface area contributed by atoms with Gasteiger partial charge in [0.1, 0.15) is 0 Å². The maximum Gasteiger partial charge on any atom is 0.162 e. The van der Waals surface area contributed by atoms with Crippen molar-refractivity contribution in [2.75, 3.05) is 0 Å². The highest BCUT2D eigenvalue weighted by molar-refractivity contribution is 5.99. The van der Waals surface area contributed by atoms with Crippen LogP contribution in [0.1, 0.15) is 46.5 Å². The van der Waals surface area contributed by atoms with Crippen molar-refractivity contribution in [2.45, 2.75) is 27.2 Å². The van der Waals surface area contributed by atoms with Gasteiger partial charge in [0.2, 0.25) is 0 Å². The Morgan fingerprint density at radius 1 is 1.29 bits per heavy atom. The molecule has 1 aromatic rings. The molecule has 0 aromatic heterocycles. The predicted octanol–water partition coefficient (Wildman–Crippen LogP) is 2.79. The summed E-state index contributed by atoms with van der Waals surface area (Å²) in [6, 6.07) is 5.21. The van der Waals surface area contributed by atoms with Gasteiger partial charge in [-0.15, -0.1) is 0 Å². The zero-order valence-corrected chi connectivity index (χ0v) is 8.76. The molecule has 0 unspecified atom stereocenters. The Morgan fingerprint density at radius 2 is 1.93 bits per heavy atom. The summed E-state index contributed by atoms with van der Waals surface area (Å²) in [4.78, 5) is 22.5. The fraction of sp³-hybridized carbons (Fsp3) is 0.333. The number of aryl methyl sites for hydroxylation is 1. The third kappa shape index (κ3) is 2.08. The highest BCUT2D eigenvalue weighted by Crippen LogP contribution is 2.13. The van der Waals surface area contributed by atoms with Crippen LogP contribution in [-0.4, -0.2) is 11.6 Å². The molecule has 0 heterocycles. The summed E-state index contributed by atoms with van der Waals surface area (Å²) in [7, 11) is 0. The van der Waals surface area contributed by atoms with Crippen molar-refractivity contribution in [3.8, 4) is 0 Å². The standard InChI is InChI=1S/C12H14O2/c1-4-12(14)11-6-5-10(9(3)13)7-8(11)2/h5-7H,4H2,1-3H3. The zero-order chi connectivity index (χ0) is 10.7. The van der Waals surface area contributed by atoms with E-state index in [4.69, 9.17) is 0 Å². The molecule has 1 aromatic carbocycles. The maximum absolute atomic E-state index is 11.4. The molecule has 0 saturated heterocycles. The number of hydrogen-bond donors (Lipinski definition) is 0. The molecule has 2 nitrogen and oxygen atoms in total. The summed E-state index contributed by atoms with van der Waals surface area (Å²) in [5.41, 5.74) is 2.26. The monoisotopic (exact) mass is 190 g/mol. The Hall–Kier alpha value is -1.44. The Bertz CT molecular complexity index is 378. The second kappa shape index (κ2) is 4.18. The number of carbonyl (C=O) groups excluding carboxylic acids is 2. The first-order valence-corrected chi connectivity index (χ1v) is 4.71. The summed E-state index contributed by atoms with van der Waals surface area (Å²) in [6.45, 7) is 5.21. The molecule has 0 radical (unpaired) electrons. The molecule has 0 amide bonds. The Kier molecular flexibility index (Phi) is 3.18. The van der Waals surface area contributed by atoms with Crippen LogP contribution in [0.15, 0.2) is 18.2 Å². The van der Waals surface area contributed by atoms with Gasteiger partial charge in [0.05, 0.1) is 0 Å². The van der Waals surface area contributed by atoms with Crippen LogP contribution >= 0.6 is 0 Å². The molecule has 0 saturated carbocycles. The lowest BCUT2D eigenvalue weighted by atomic mass is 9.99. The van der Waals surface area contributed by atoms with E-state index in [2.05, 4.69) is 0 Å². The van der Waals surface area contributed by atoms with E-state index in [0.29, 0.717) is 12.0 Å². The van der Waals surface area contributed by atoms with Gasteiger partial charge >= 0.3 is 0 Å². The first-order valence-electron chi connectivity index (χ1n) is 4.71. The van der Waals surface area contributed by atoms with Gasteiger partial charge in [-0.2, -0.15) is 0 Å². The average Bonchev–Trinajstić information content (AvgIpc) is 2.16. The van der Waals surface area contributed by atoms with E-state index in [1.165, 1.54) is 6.92 Å². The van der Waals surface area contributed by atoms with Crippen LogP contribution < -0.4 is 0 Å². The number of carbonyl (C=O) groups is 2. The average molecular weight is 190 g/mol. The molecule has 1 rings (SSSR count). The van der Waals surface area contributed by atoms with Crippen molar-refractivity contribution in [2.24, 2.45) is 0 Å². The molecule has 0 fully saturated rings. The number of rotatable bonds is 3. The van der Waals surface area contributed by atoms with Crippen molar-refractivity contribution in [3.63, 3.8) is 0 Å². The van der Waals surface area contributed by atoms with Crippen molar-refractivity contribution < 1.29 is 9.59 Å². The molecule has 2 heteroatoms. The Labute approximate surface area is 83.9 Å². The Morgan fingerprint density at radius 3 is 2.36 bits per heavy atom. The van der Waals surface area contributed by atoms with E-state index in [9.17, 15) is 9.59 Å². The van der Waals surface area contributed by atoms with E-state index < -0.39 is 0 Å². The third-order valence-electron chi connectivity index (χ3n) is 2.25. The minimum Gasteiger partial charge on any atom is -0.295 e. The van der Waals surface area contributed by atoms with E-state index in [0.717, 1.165) is 11.1 Å². The molecular formula is C12H14O2. The second-order valence-corrected chi connectivity index (χ2v) is 3.36. The highest BCUT2D eigenvalue weighted by Gasteiger charge is 2.08. The normalized spacial score (nSPS) is 9.93. The van der Waals surface area contributed by atoms with Crippen LogP contribution in [0.25, 0.3) is 0 Å². The van der Waals surface area contributed by atoms with Crippen LogP contribution in [0.3, 0.4) is 0 Å². The van der Waals surface area contributed by atoms with Gasteiger partial charge in [-0.1, -0.05) is 19.1 Å². The number of ketones is 2. The second-order valence-electron chi connectivity index (χ2n) is 3.36. The maximum atomic E-state index is 11.4. The van der Waals surface area contributed by atoms with Gasteiger partial charge in [-0.3, -0.25) is 9.59 Å².